The summed E-state index contributed by atoms with van der Waals surface area (Å²) in [6.07, 6.45) is 4.99. The summed E-state index contributed by atoms with van der Waals surface area (Å²) in [6.45, 7) is 7.41. The van der Waals surface area contributed by atoms with Crippen LogP contribution in [0.1, 0.15) is 67.8 Å². The second-order valence-corrected chi connectivity index (χ2v) is 10.5. The van der Waals surface area contributed by atoms with Crippen molar-refractivity contribution < 1.29 is 14.3 Å². The van der Waals surface area contributed by atoms with Crippen molar-refractivity contribution in [1.82, 2.24) is 25.4 Å². The molecule has 1 aromatic carbocycles. The number of pyridine rings is 1. The molecule has 2 saturated heterocycles. The first-order valence-corrected chi connectivity index (χ1v) is 12.7. The number of amides is 1. The number of benzene rings is 1. The molecule has 0 bridgehead atoms. The Kier molecular flexibility index (Phi) is 6.43. The van der Waals surface area contributed by atoms with Crippen molar-refractivity contribution in [2.24, 2.45) is 0 Å². The maximum Gasteiger partial charge on any atom is 0.219 e. The molecule has 7 nitrogen and oxygen atoms in total. The molecule has 0 radical (unpaired) electrons. The van der Waals surface area contributed by atoms with E-state index in [0.29, 0.717) is 34.2 Å². The van der Waals surface area contributed by atoms with Crippen LogP contribution in [0.25, 0.3) is 11.3 Å². The normalized spacial score (nSPS) is 19.7. The van der Waals surface area contributed by atoms with E-state index in [1.165, 1.54) is 0 Å². The molecule has 2 aliphatic rings. The van der Waals surface area contributed by atoms with Gasteiger partial charge in [0.15, 0.2) is 11.3 Å². The summed E-state index contributed by atoms with van der Waals surface area (Å²) in [6, 6.07) is 11.3. The van der Waals surface area contributed by atoms with E-state index in [0.717, 1.165) is 37.2 Å². The Bertz CT molecular complexity index is 1230. The van der Waals surface area contributed by atoms with E-state index in [1.807, 2.05) is 35.2 Å². The molecule has 36 heavy (non-hydrogen) atoms. The largest absolute Gasteiger partial charge is 0.377 e. The van der Waals surface area contributed by atoms with Crippen LogP contribution in [0.5, 0.6) is 0 Å². The highest BCUT2D eigenvalue weighted by Crippen LogP contribution is 2.45. The van der Waals surface area contributed by atoms with Crippen LogP contribution in [0, 0.1) is 0 Å². The van der Waals surface area contributed by atoms with E-state index < -0.39 is 11.3 Å². The molecule has 2 aliphatic heterocycles. The lowest BCUT2D eigenvalue weighted by molar-refractivity contribution is -0.129. The van der Waals surface area contributed by atoms with E-state index in [2.05, 4.69) is 34.3 Å². The molecule has 1 atom stereocenters. The van der Waals surface area contributed by atoms with Crippen molar-refractivity contribution in [2.45, 2.75) is 56.7 Å². The smallest absolute Gasteiger partial charge is 0.219 e. The van der Waals surface area contributed by atoms with Crippen molar-refractivity contribution in [1.29, 1.82) is 0 Å². The molecule has 1 amide bonds. The van der Waals surface area contributed by atoms with E-state index in [-0.39, 0.29) is 19.0 Å². The van der Waals surface area contributed by atoms with Gasteiger partial charge in [0, 0.05) is 68.2 Å². The number of carbonyl (C=O) groups is 1. The van der Waals surface area contributed by atoms with Gasteiger partial charge in [-0.3, -0.25) is 14.9 Å². The molecule has 0 aliphatic carbocycles. The highest BCUT2D eigenvalue weighted by molar-refractivity contribution is 5.73. The van der Waals surface area contributed by atoms with Gasteiger partial charge in [0.25, 0.3) is 0 Å². The predicted molar refractivity (Wildman–Crippen MR) is 136 cm³/mol. The van der Waals surface area contributed by atoms with Crippen LogP contribution in [0.15, 0.2) is 48.8 Å². The highest BCUT2D eigenvalue weighted by Gasteiger charge is 2.57. The number of hydrogen-bond acceptors (Lipinski definition) is 5. The lowest BCUT2D eigenvalue weighted by Gasteiger charge is -2.48. The van der Waals surface area contributed by atoms with Gasteiger partial charge < -0.3 is 15.3 Å². The third-order valence-corrected chi connectivity index (χ3v) is 7.88. The minimum absolute atomic E-state index is 0.0607. The number of aromatic amines is 1. The number of hydrogen-bond donors (Lipinski definition) is 3. The van der Waals surface area contributed by atoms with Gasteiger partial charge in [-0.15, -0.1) is 0 Å². The fourth-order valence-corrected chi connectivity index (χ4v) is 5.37. The molecule has 8 heteroatoms. The Balaban J connectivity index is 1.45. The zero-order valence-corrected chi connectivity index (χ0v) is 21.1. The number of likely N-dealkylation sites (tertiary alicyclic amines) is 1. The van der Waals surface area contributed by atoms with Crippen LogP contribution in [0.4, 0.5) is 4.39 Å². The fourth-order valence-electron chi connectivity index (χ4n) is 5.37. The number of piperidine rings is 1. The van der Waals surface area contributed by atoms with Crippen LogP contribution in [-0.4, -0.2) is 62.9 Å². The Labute approximate surface area is 211 Å². The van der Waals surface area contributed by atoms with Crippen molar-refractivity contribution in [2.75, 3.05) is 26.2 Å². The molecular formula is C28H34FN5O2. The molecule has 0 saturated carbocycles. The van der Waals surface area contributed by atoms with E-state index in [4.69, 9.17) is 0 Å². The summed E-state index contributed by atoms with van der Waals surface area (Å²) < 4.78 is 16.1. The Hall–Kier alpha value is -3.10. The average Bonchev–Trinajstić information content (AvgIpc) is 3.37. The number of carbonyl (C=O) groups excluding carboxylic acids is 1. The minimum Gasteiger partial charge on any atom is -0.377 e. The predicted octanol–water partition coefficient (Wildman–Crippen LogP) is 3.87. The lowest BCUT2D eigenvalue weighted by Crippen LogP contribution is -2.68. The first kappa shape index (κ1) is 24.6. The van der Waals surface area contributed by atoms with Crippen molar-refractivity contribution in [3.63, 3.8) is 0 Å². The molecule has 2 fully saturated rings. The number of nitrogens with zero attached hydrogens (tertiary/aromatic N) is 3. The van der Waals surface area contributed by atoms with Gasteiger partial charge in [-0.2, -0.15) is 5.10 Å². The van der Waals surface area contributed by atoms with Gasteiger partial charge in [-0.05, 0) is 42.0 Å². The van der Waals surface area contributed by atoms with Gasteiger partial charge in [0.1, 0.15) is 0 Å². The first-order chi connectivity index (χ1) is 17.2. The first-order valence-electron chi connectivity index (χ1n) is 12.7. The van der Waals surface area contributed by atoms with Gasteiger partial charge in [-0.25, -0.2) is 4.39 Å². The Morgan fingerprint density at radius 1 is 1.14 bits per heavy atom. The summed E-state index contributed by atoms with van der Waals surface area (Å²) in [4.78, 5) is 17.9. The molecule has 190 valence electrons. The minimum atomic E-state index is -1.85. The maximum atomic E-state index is 16.1. The quantitative estimate of drug-likeness (QED) is 0.487. The summed E-state index contributed by atoms with van der Waals surface area (Å²) in [5.41, 5.74) is 0.767. The van der Waals surface area contributed by atoms with Crippen molar-refractivity contribution in [3.8, 4) is 11.3 Å². The summed E-state index contributed by atoms with van der Waals surface area (Å²) in [7, 11) is 0. The number of nitrogens with one attached hydrogen (secondary N) is 2. The van der Waals surface area contributed by atoms with Crippen LogP contribution in [0.3, 0.4) is 0 Å². The fraction of sp³-hybridized carbons (Fsp3) is 0.464. The molecule has 3 aromatic rings. The van der Waals surface area contributed by atoms with Gasteiger partial charge in [0.2, 0.25) is 5.91 Å². The van der Waals surface area contributed by atoms with Gasteiger partial charge in [0.05, 0.1) is 5.69 Å². The van der Waals surface area contributed by atoms with Gasteiger partial charge >= 0.3 is 0 Å². The lowest BCUT2D eigenvalue weighted by atomic mass is 9.71. The second kappa shape index (κ2) is 9.41. The molecule has 0 spiro atoms. The number of halogens is 1. The topological polar surface area (TPSA) is 94.1 Å². The third-order valence-electron chi connectivity index (χ3n) is 7.88. The number of aliphatic hydroxyl groups is 1. The number of aromatic nitrogens is 3. The highest BCUT2D eigenvalue weighted by atomic mass is 19.1. The Morgan fingerprint density at radius 3 is 2.42 bits per heavy atom. The van der Waals surface area contributed by atoms with E-state index in [9.17, 15) is 9.90 Å². The van der Waals surface area contributed by atoms with Crippen LogP contribution >= 0.6 is 0 Å². The maximum absolute atomic E-state index is 16.1. The molecule has 0 unspecified atom stereocenters. The average molecular weight is 492 g/mol. The summed E-state index contributed by atoms with van der Waals surface area (Å²) in [5.74, 6) is 0.746. The monoisotopic (exact) mass is 491 g/mol. The molecule has 2 aromatic heterocycles. The van der Waals surface area contributed by atoms with Crippen LogP contribution < -0.4 is 5.32 Å². The number of H-pyrrole nitrogens is 1. The number of alkyl halides is 1. The SMILES string of the molecule is CC(=O)N1CCC(c2cc(-c3cncc([C@@](O)(c4ccc(C(C)C)cc4)C4(F)CNC4)c3)n[nH]2)CC1. The molecular weight excluding hydrogens is 457 g/mol. The zero-order valence-electron chi connectivity index (χ0n) is 21.1. The molecule has 5 rings (SSSR count). The molecule has 3 N–H and O–H groups in total. The second-order valence-electron chi connectivity index (χ2n) is 10.5. The van der Waals surface area contributed by atoms with Gasteiger partial charge in [-0.1, -0.05) is 38.1 Å². The van der Waals surface area contributed by atoms with E-state index >= 15 is 4.39 Å². The van der Waals surface area contributed by atoms with Crippen LogP contribution in [0.2, 0.25) is 0 Å². The zero-order chi connectivity index (χ0) is 25.5. The molecule has 4 heterocycles. The summed E-state index contributed by atoms with van der Waals surface area (Å²) in [5, 5.41) is 22.6. The summed E-state index contributed by atoms with van der Waals surface area (Å²) >= 11 is 0. The standard InChI is InChI=1S/C28H34FN5O2/c1-18(2)20-4-6-23(7-5-20)28(36,27(29)16-31-17-27)24-12-22(14-30-15-24)26-13-25(32-33-26)21-8-10-34(11-9-21)19(3)35/h4-7,12-15,18,21,31,36H,8-11,16-17H2,1-3H3,(H,32,33)/t28-/m0/s1. The van der Waals surface area contributed by atoms with E-state index in [1.54, 1.807) is 25.4 Å². The van der Waals surface area contributed by atoms with Crippen molar-refractivity contribution in [3.05, 3.63) is 71.2 Å². The Morgan fingerprint density at radius 2 is 1.83 bits per heavy atom. The van der Waals surface area contributed by atoms with Crippen LogP contribution in [-0.2, 0) is 10.4 Å². The van der Waals surface area contributed by atoms with Crippen molar-refractivity contribution >= 4 is 5.91 Å². The number of rotatable bonds is 6. The third kappa shape index (κ3) is 4.22.